The molecule has 0 aromatic heterocycles. The molecule has 0 bridgehead atoms. The number of hydrogen-bond acceptors (Lipinski definition) is 3. The first-order chi connectivity index (χ1) is 14.5. The zero-order valence-electron chi connectivity index (χ0n) is 16.4. The van der Waals surface area contributed by atoms with Crippen LogP contribution in [0.15, 0.2) is 48.5 Å². The van der Waals surface area contributed by atoms with Crippen LogP contribution in [0.5, 0.6) is 0 Å². The summed E-state index contributed by atoms with van der Waals surface area (Å²) in [7, 11) is 0. The fourth-order valence-corrected chi connectivity index (χ4v) is 6.73. The average molecular weight is 429 g/mol. The van der Waals surface area contributed by atoms with Crippen LogP contribution < -0.4 is 0 Å². The lowest BCUT2D eigenvalue weighted by molar-refractivity contribution is -0.134. The minimum Gasteiger partial charge on any atom is -0.339 e. The molecule has 0 saturated carbocycles. The van der Waals surface area contributed by atoms with Gasteiger partial charge in [0.25, 0.3) is 5.91 Å². The molecule has 4 nitrogen and oxygen atoms in total. The van der Waals surface area contributed by atoms with Gasteiger partial charge in [-0.3, -0.25) is 9.59 Å². The minimum absolute atomic E-state index is 0.00508. The zero-order chi connectivity index (χ0) is 20.9. The maximum absolute atomic E-state index is 13.7. The predicted molar refractivity (Wildman–Crippen MR) is 111 cm³/mol. The molecule has 2 aromatic rings. The Balaban J connectivity index is 1.32. The SMILES string of the molecule is O=C(c1ccccc1)N1CCC2(CC1)SC1CC[C@@H](c3cc(F)cc(F)c3)N1C2=O. The molecule has 156 valence electrons. The number of likely N-dealkylation sites (tertiary alicyclic amines) is 1. The van der Waals surface area contributed by atoms with Crippen molar-refractivity contribution in [3.05, 3.63) is 71.3 Å². The number of thioether (sulfide) groups is 1. The summed E-state index contributed by atoms with van der Waals surface area (Å²) in [5.74, 6) is -1.18. The molecule has 7 heteroatoms. The van der Waals surface area contributed by atoms with Crippen molar-refractivity contribution in [3.8, 4) is 0 Å². The van der Waals surface area contributed by atoms with Crippen LogP contribution in [0.2, 0.25) is 0 Å². The summed E-state index contributed by atoms with van der Waals surface area (Å²) in [6, 6.07) is 12.4. The number of amides is 2. The lowest BCUT2D eigenvalue weighted by atomic mass is 9.92. The monoisotopic (exact) mass is 428 g/mol. The summed E-state index contributed by atoms with van der Waals surface area (Å²) < 4.78 is 26.9. The third-order valence-electron chi connectivity index (χ3n) is 6.47. The van der Waals surface area contributed by atoms with E-state index in [1.54, 1.807) is 23.9 Å². The van der Waals surface area contributed by atoms with Gasteiger partial charge in [-0.1, -0.05) is 18.2 Å². The second-order valence-corrected chi connectivity index (χ2v) is 9.79. The summed E-state index contributed by atoms with van der Waals surface area (Å²) in [6.45, 7) is 1.07. The highest BCUT2D eigenvalue weighted by atomic mass is 32.2. The van der Waals surface area contributed by atoms with Gasteiger partial charge in [0.1, 0.15) is 16.4 Å². The summed E-state index contributed by atoms with van der Waals surface area (Å²) in [6.07, 6.45) is 2.73. The lowest BCUT2D eigenvalue weighted by Gasteiger charge is -2.38. The number of rotatable bonds is 2. The van der Waals surface area contributed by atoms with E-state index >= 15 is 0 Å². The Morgan fingerprint density at radius 1 is 1.00 bits per heavy atom. The topological polar surface area (TPSA) is 40.6 Å². The van der Waals surface area contributed by atoms with Crippen molar-refractivity contribution >= 4 is 23.6 Å². The third kappa shape index (κ3) is 3.20. The Bertz CT molecular complexity index is 972. The minimum atomic E-state index is -0.616. The number of fused-ring (bicyclic) bond motifs is 1. The van der Waals surface area contributed by atoms with E-state index < -0.39 is 16.4 Å². The highest BCUT2D eigenvalue weighted by molar-refractivity contribution is 8.02. The molecule has 1 spiro atoms. The Hall–Kier alpha value is -2.41. The van der Waals surface area contributed by atoms with E-state index in [4.69, 9.17) is 0 Å². The molecule has 3 fully saturated rings. The molecule has 0 radical (unpaired) electrons. The van der Waals surface area contributed by atoms with Gasteiger partial charge in [0.2, 0.25) is 5.91 Å². The number of carbonyl (C=O) groups is 2. The normalized spacial score (nSPS) is 25.1. The van der Waals surface area contributed by atoms with Crippen LogP contribution in [0.3, 0.4) is 0 Å². The largest absolute Gasteiger partial charge is 0.339 e. The number of halogens is 2. The molecule has 0 aliphatic carbocycles. The van der Waals surface area contributed by atoms with Crippen molar-refractivity contribution in [1.82, 2.24) is 9.80 Å². The smallest absolute Gasteiger partial charge is 0.253 e. The highest BCUT2D eigenvalue weighted by Gasteiger charge is 2.57. The quantitative estimate of drug-likeness (QED) is 0.713. The van der Waals surface area contributed by atoms with Crippen LogP contribution in [0.4, 0.5) is 8.78 Å². The molecular weight excluding hydrogens is 406 g/mol. The Morgan fingerprint density at radius 2 is 1.67 bits per heavy atom. The van der Waals surface area contributed by atoms with Crippen molar-refractivity contribution in [2.75, 3.05) is 13.1 Å². The summed E-state index contributed by atoms with van der Waals surface area (Å²) >= 11 is 1.68. The van der Waals surface area contributed by atoms with E-state index in [-0.39, 0.29) is 23.2 Å². The van der Waals surface area contributed by atoms with Gasteiger partial charge in [-0.15, -0.1) is 11.8 Å². The second kappa shape index (κ2) is 7.38. The molecule has 3 heterocycles. The first-order valence-corrected chi connectivity index (χ1v) is 11.2. The van der Waals surface area contributed by atoms with E-state index in [1.165, 1.54) is 12.1 Å². The number of nitrogens with zero attached hydrogens (tertiary/aromatic N) is 2. The van der Waals surface area contributed by atoms with E-state index in [0.717, 1.165) is 12.5 Å². The van der Waals surface area contributed by atoms with Gasteiger partial charge >= 0.3 is 0 Å². The molecule has 0 N–H and O–H groups in total. The van der Waals surface area contributed by atoms with Gasteiger partial charge in [0.05, 0.1) is 11.4 Å². The Labute approximate surface area is 178 Å². The van der Waals surface area contributed by atoms with Crippen molar-refractivity contribution in [1.29, 1.82) is 0 Å². The number of hydrogen-bond donors (Lipinski definition) is 0. The maximum Gasteiger partial charge on any atom is 0.253 e. The third-order valence-corrected chi connectivity index (χ3v) is 8.24. The standard InChI is InChI=1S/C23H22F2N2O2S/c24-17-12-16(13-18(25)14-17)19-6-7-20-27(19)22(29)23(30-20)8-10-26(11-9-23)21(28)15-4-2-1-3-5-15/h1-5,12-14,19-20H,6-11H2/t19-,20?/m0/s1. The second-order valence-electron chi connectivity index (χ2n) is 8.23. The maximum atomic E-state index is 13.7. The van der Waals surface area contributed by atoms with E-state index in [1.807, 2.05) is 28.0 Å². The summed E-state index contributed by atoms with van der Waals surface area (Å²) in [5, 5.41) is 0.0326. The highest BCUT2D eigenvalue weighted by Crippen LogP contribution is 2.55. The summed E-state index contributed by atoms with van der Waals surface area (Å²) in [5.41, 5.74) is 1.19. The van der Waals surface area contributed by atoms with Crippen LogP contribution in [-0.4, -0.2) is 44.8 Å². The van der Waals surface area contributed by atoms with Crippen LogP contribution >= 0.6 is 11.8 Å². The Morgan fingerprint density at radius 3 is 2.33 bits per heavy atom. The molecule has 2 aromatic carbocycles. The molecule has 5 rings (SSSR count). The van der Waals surface area contributed by atoms with Crippen LogP contribution in [-0.2, 0) is 4.79 Å². The van der Waals surface area contributed by atoms with E-state index in [2.05, 4.69) is 0 Å². The van der Waals surface area contributed by atoms with Gasteiger partial charge in [-0.25, -0.2) is 8.78 Å². The molecule has 3 aliphatic rings. The first-order valence-electron chi connectivity index (χ1n) is 10.3. The fourth-order valence-electron chi connectivity index (χ4n) is 4.97. The van der Waals surface area contributed by atoms with Crippen molar-refractivity contribution in [2.45, 2.75) is 41.8 Å². The lowest BCUT2D eigenvalue weighted by Crippen LogP contribution is -2.49. The molecule has 1 unspecified atom stereocenters. The van der Waals surface area contributed by atoms with E-state index in [9.17, 15) is 18.4 Å². The van der Waals surface area contributed by atoms with Gasteiger partial charge < -0.3 is 9.80 Å². The van der Waals surface area contributed by atoms with Crippen LogP contribution in [0.1, 0.15) is 47.6 Å². The average Bonchev–Trinajstić information content (AvgIpc) is 3.26. The predicted octanol–water partition coefficient (Wildman–Crippen LogP) is 4.38. The molecule has 3 aliphatic heterocycles. The number of benzene rings is 2. The first kappa shape index (κ1) is 19.5. The van der Waals surface area contributed by atoms with Crippen molar-refractivity contribution in [3.63, 3.8) is 0 Å². The van der Waals surface area contributed by atoms with Gasteiger partial charge in [-0.2, -0.15) is 0 Å². The van der Waals surface area contributed by atoms with Crippen molar-refractivity contribution < 1.29 is 18.4 Å². The molecule has 2 amide bonds. The van der Waals surface area contributed by atoms with Gasteiger partial charge in [-0.05, 0) is 55.5 Å². The summed E-state index contributed by atoms with van der Waals surface area (Å²) in [4.78, 5) is 29.9. The number of carbonyl (C=O) groups excluding carboxylic acids is 2. The molecule has 2 atom stereocenters. The van der Waals surface area contributed by atoms with Crippen LogP contribution in [0, 0.1) is 11.6 Å². The van der Waals surface area contributed by atoms with Gasteiger partial charge in [0.15, 0.2) is 0 Å². The van der Waals surface area contributed by atoms with Crippen molar-refractivity contribution in [2.24, 2.45) is 0 Å². The molecule has 3 saturated heterocycles. The Kier molecular flexibility index (Phi) is 4.81. The van der Waals surface area contributed by atoms with E-state index in [0.29, 0.717) is 43.5 Å². The molecule has 30 heavy (non-hydrogen) atoms. The van der Waals surface area contributed by atoms with Crippen LogP contribution in [0.25, 0.3) is 0 Å². The fraction of sp³-hybridized carbons (Fsp3) is 0.391. The molecular formula is C23H22F2N2O2S. The van der Waals surface area contributed by atoms with Gasteiger partial charge in [0, 0.05) is 24.7 Å². The zero-order valence-corrected chi connectivity index (χ0v) is 17.2. The number of piperidine rings is 1.